The molecule has 11 heteroatoms. The van der Waals surface area contributed by atoms with E-state index in [0.717, 1.165) is 16.5 Å². The zero-order chi connectivity index (χ0) is 26.0. The van der Waals surface area contributed by atoms with Gasteiger partial charge < -0.3 is 5.73 Å². The Hall–Kier alpha value is -4.41. The van der Waals surface area contributed by atoms with Gasteiger partial charge in [-0.3, -0.25) is 14.5 Å². The van der Waals surface area contributed by atoms with Crippen molar-refractivity contribution in [2.24, 2.45) is 5.73 Å². The van der Waals surface area contributed by atoms with Crippen LogP contribution in [0, 0.1) is 0 Å². The van der Waals surface area contributed by atoms with Gasteiger partial charge in [0.15, 0.2) is 5.15 Å². The predicted molar refractivity (Wildman–Crippen MR) is 141 cm³/mol. The summed E-state index contributed by atoms with van der Waals surface area (Å²) in [5.41, 5.74) is 8.89. The number of carbonyl (C=O) groups excluding carboxylic acids is 1. The number of sulfonamides is 1. The Morgan fingerprint density at radius 2 is 1.68 bits per heavy atom. The van der Waals surface area contributed by atoms with Crippen LogP contribution in [0.5, 0.6) is 0 Å². The number of hydrogen-bond acceptors (Lipinski definition) is 7. The lowest BCUT2D eigenvalue weighted by atomic mass is 10.0. The molecule has 0 fully saturated rings. The average molecular weight is 531 g/mol. The molecule has 3 aromatic heterocycles. The standard InChI is InChI=1S/C26H19ClN6O3S/c27-26-22(33-37(35,36)19-4-2-1-3-5-19)13-18(15-30-26)17-6-7-21-20(12-17)25(16-8-10-29-11-9-16)32-24(31-21)14-23(28)34/h1-13,15,33H,14H2,(H2,28,34). The van der Waals surface area contributed by atoms with Gasteiger partial charge in [0.05, 0.1) is 28.2 Å². The lowest BCUT2D eigenvalue weighted by Gasteiger charge is -2.12. The van der Waals surface area contributed by atoms with Crippen LogP contribution in [0.2, 0.25) is 5.15 Å². The first-order valence-corrected chi connectivity index (χ1v) is 12.9. The van der Waals surface area contributed by atoms with Crippen molar-refractivity contribution < 1.29 is 13.2 Å². The highest BCUT2D eigenvalue weighted by Gasteiger charge is 2.18. The molecule has 184 valence electrons. The fourth-order valence-electron chi connectivity index (χ4n) is 3.80. The molecular weight excluding hydrogens is 512 g/mol. The predicted octanol–water partition coefficient (Wildman–Crippen LogP) is 4.24. The molecule has 0 bridgehead atoms. The van der Waals surface area contributed by atoms with E-state index in [1.807, 2.05) is 24.3 Å². The van der Waals surface area contributed by atoms with Crippen molar-refractivity contribution in [1.29, 1.82) is 0 Å². The molecule has 3 heterocycles. The molecule has 0 aliphatic heterocycles. The zero-order valence-corrected chi connectivity index (χ0v) is 20.7. The molecule has 0 aliphatic carbocycles. The Labute approximate surface area is 217 Å². The van der Waals surface area contributed by atoms with Crippen molar-refractivity contribution in [2.45, 2.75) is 11.3 Å². The van der Waals surface area contributed by atoms with Gasteiger partial charge in [-0.15, -0.1) is 0 Å². The van der Waals surface area contributed by atoms with Crippen LogP contribution in [0.1, 0.15) is 5.82 Å². The lowest BCUT2D eigenvalue weighted by Crippen LogP contribution is -2.16. The fraction of sp³-hybridized carbons (Fsp3) is 0.0385. The number of nitrogens with two attached hydrogens (primary N) is 1. The second-order valence-electron chi connectivity index (χ2n) is 8.08. The van der Waals surface area contributed by atoms with Gasteiger partial charge in [0, 0.05) is 35.1 Å². The average Bonchev–Trinajstić information content (AvgIpc) is 2.90. The van der Waals surface area contributed by atoms with Crippen molar-refractivity contribution >= 4 is 44.1 Å². The number of hydrogen-bond donors (Lipinski definition) is 2. The molecule has 5 aromatic rings. The SMILES string of the molecule is NC(=O)Cc1nc(-c2ccncc2)c2cc(-c3cnc(Cl)c(NS(=O)(=O)c4ccccc4)c3)ccc2n1. The molecule has 2 aromatic carbocycles. The molecule has 0 aliphatic rings. The van der Waals surface area contributed by atoms with E-state index in [1.54, 1.807) is 48.9 Å². The van der Waals surface area contributed by atoms with Gasteiger partial charge >= 0.3 is 0 Å². The molecule has 0 radical (unpaired) electrons. The minimum Gasteiger partial charge on any atom is -0.369 e. The van der Waals surface area contributed by atoms with E-state index >= 15 is 0 Å². The van der Waals surface area contributed by atoms with E-state index in [-0.39, 0.29) is 22.2 Å². The van der Waals surface area contributed by atoms with Crippen molar-refractivity contribution in [3.8, 4) is 22.4 Å². The van der Waals surface area contributed by atoms with Gasteiger partial charge in [0.25, 0.3) is 10.0 Å². The van der Waals surface area contributed by atoms with E-state index in [1.165, 1.54) is 12.1 Å². The largest absolute Gasteiger partial charge is 0.369 e. The minimum atomic E-state index is -3.87. The van der Waals surface area contributed by atoms with Crippen molar-refractivity contribution in [2.75, 3.05) is 4.72 Å². The highest BCUT2D eigenvalue weighted by molar-refractivity contribution is 7.92. The first-order valence-electron chi connectivity index (χ1n) is 11.0. The number of halogens is 1. The molecular formula is C26H19ClN6O3S. The summed E-state index contributed by atoms with van der Waals surface area (Å²) in [5.74, 6) is -0.223. The maximum atomic E-state index is 12.8. The normalized spacial score (nSPS) is 11.4. The Bertz CT molecular complexity index is 1730. The number of rotatable bonds is 7. The van der Waals surface area contributed by atoms with Crippen molar-refractivity contribution in [1.82, 2.24) is 19.9 Å². The first kappa shape index (κ1) is 24.3. The number of primary amides is 1. The van der Waals surface area contributed by atoms with Crippen molar-refractivity contribution in [3.05, 3.63) is 96.3 Å². The van der Waals surface area contributed by atoms with Crippen LogP contribution < -0.4 is 10.5 Å². The molecule has 5 rings (SSSR count). The Morgan fingerprint density at radius 1 is 0.919 bits per heavy atom. The third kappa shape index (κ3) is 5.25. The number of carbonyl (C=O) groups is 1. The summed E-state index contributed by atoms with van der Waals surface area (Å²) in [7, 11) is -3.87. The summed E-state index contributed by atoms with van der Waals surface area (Å²) in [6, 6.07) is 18.7. The van der Waals surface area contributed by atoms with E-state index < -0.39 is 15.9 Å². The number of amides is 1. The Balaban J connectivity index is 1.60. The maximum absolute atomic E-state index is 12.8. The second kappa shape index (κ2) is 9.92. The number of benzene rings is 2. The number of pyridine rings is 2. The van der Waals surface area contributed by atoms with Gasteiger partial charge in [-0.05, 0) is 48.0 Å². The number of nitrogens with zero attached hydrogens (tertiary/aromatic N) is 4. The summed E-state index contributed by atoms with van der Waals surface area (Å²) in [4.78, 5) is 28.9. The Morgan fingerprint density at radius 3 is 2.41 bits per heavy atom. The second-order valence-corrected chi connectivity index (χ2v) is 10.1. The molecule has 1 amide bonds. The van der Waals surface area contributed by atoms with Crippen molar-refractivity contribution in [3.63, 3.8) is 0 Å². The van der Waals surface area contributed by atoms with Crippen LogP contribution in [-0.4, -0.2) is 34.3 Å². The molecule has 0 saturated heterocycles. The van der Waals surface area contributed by atoms with E-state index in [4.69, 9.17) is 17.3 Å². The van der Waals surface area contributed by atoms with Crippen LogP contribution in [-0.2, 0) is 21.2 Å². The summed E-state index contributed by atoms with van der Waals surface area (Å²) < 4.78 is 28.2. The van der Waals surface area contributed by atoms with Crippen LogP contribution >= 0.6 is 11.6 Å². The first-order chi connectivity index (χ1) is 17.8. The zero-order valence-electron chi connectivity index (χ0n) is 19.2. The van der Waals surface area contributed by atoms with Gasteiger partial charge in [-0.25, -0.2) is 23.4 Å². The van der Waals surface area contributed by atoms with Crippen LogP contribution in [0.15, 0.2) is 90.2 Å². The molecule has 0 saturated carbocycles. The molecule has 0 atom stereocenters. The molecule has 0 spiro atoms. The minimum absolute atomic E-state index is 0.0148. The van der Waals surface area contributed by atoms with E-state index in [0.29, 0.717) is 22.6 Å². The quantitative estimate of drug-likeness (QED) is 0.300. The van der Waals surface area contributed by atoms with Gasteiger partial charge in [-0.1, -0.05) is 35.9 Å². The van der Waals surface area contributed by atoms with E-state index in [9.17, 15) is 13.2 Å². The van der Waals surface area contributed by atoms with Gasteiger partial charge in [-0.2, -0.15) is 0 Å². The van der Waals surface area contributed by atoms with E-state index in [2.05, 4.69) is 24.7 Å². The summed E-state index contributed by atoms with van der Waals surface area (Å²) in [6.07, 6.45) is 4.75. The fourth-order valence-corrected chi connectivity index (χ4v) is 5.09. The smallest absolute Gasteiger partial charge is 0.261 e. The molecule has 9 nitrogen and oxygen atoms in total. The highest BCUT2D eigenvalue weighted by Crippen LogP contribution is 2.33. The van der Waals surface area contributed by atoms with Crippen LogP contribution in [0.3, 0.4) is 0 Å². The topological polar surface area (TPSA) is 141 Å². The maximum Gasteiger partial charge on any atom is 0.261 e. The summed E-state index contributed by atoms with van der Waals surface area (Å²) >= 11 is 6.23. The summed E-state index contributed by atoms with van der Waals surface area (Å²) in [5, 5.41) is 0.735. The van der Waals surface area contributed by atoms with Crippen LogP contribution in [0.25, 0.3) is 33.3 Å². The number of nitrogens with one attached hydrogen (secondary N) is 1. The molecule has 3 N–H and O–H groups in total. The molecule has 0 unspecified atom stereocenters. The summed E-state index contributed by atoms with van der Waals surface area (Å²) in [6.45, 7) is 0. The molecule has 37 heavy (non-hydrogen) atoms. The van der Waals surface area contributed by atoms with Gasteiger partial charge in [0.2, 0.25) is 5.91 Å². The number of fused-ring (bicyclic) bond motifs is 1. The van der Waals surface area contributed by atoms with Gasteiger partial charge in [0.1, 0.15) is 5.82 Å². The third-order valence-corrected chi connectivity index (χ3v) is 7.18. The Kier molecular flexibility index (Phi) is 6.51. The third-order valence-electron chi connectivity index (χ3n) is 5.50. The number of anilines is 1. The number of aromatic nitrogens is 4. The highest BCUT2D eigenvalue weighted by atomic mass is 35.5. The van der Waals surface area contributed by atoms with Crippen LogP contribution in [0.4, 0.5) is 5.69 Å². The monoisotopic (exact) mass is 530 g/mol. The lowest BCUT2D eigenvalue weighted by molar-refractivity contribution is -0.117.